The maximum atomic E-state index is 12.7. The Kier molecular flexibility index (Phi) is 5.56. The zero-order valence-corrected chi connectivity index (χ0v) is 13.5. The molecule has 0 atom stereocenters. The second-order valence-corrected chi connectivity index (χ2v) is 6.41. The molecule has 0 bridgehead atoms. The number of carbonyl (C=O) groups is 1. The van der Waals surface area contributed by atoms with Gasteiger partial charge in [0.2, 0.25) is 0 Å². The van der Waals surface area contributed by atoms with Crippen molar-refractivity contribution in [2.45, 2.75) is 25.7 Å². The quantitative estimate of drug-likeness (QED) is 0.435. The minimum absolute atomic E-state index is 0.0337. The molecule has 0 heterocycles. The fraction of sp³-hybridized carbons (Fsp3) is 0.357. The summed E-state index contributed by atoms with van der Waals surface area (Å²) in [7, 11) is -4.11. The van der Waals surface area contributed by atoms with Gasteiger partial charge in [0.25, 0.3) is 15.7 Å². The standard InChI is InChI=1S/C14H18N2O5S/c1-5-15(6-2)22(20,21)14-12(10(3)11(4)17)8-7-9-13(14)16(18)19/h7-9H,3,5-6H2,1-2,4H3. The van der Waals surface area contributed by atoms with Crippen LogP contribution in [-0.2, 0) is 14.8 Å². The number of nitro groups is 1. The third-order valence-electron chi connectivity index (χ3n) is 3.24. The second kappa shape index (κ2) is 6.80. The van der Waals surface area contributed by atoms with E-state index < -0.39 is 31.3 Å². The van der Waals surface area contributed by atoms with Crippen molar-refractivity contribution in [2.75, 3.05) is 13.1 Å². The molecular weight excluding hydrogens is 308 g/mol. The molecular formula is C14H18N2O5S. The molecule has 0 spiro atoms. The lowest BCUT2D eigenvalue weighted by atomic mass is 10.0. The molecule has 8 heteroatoms. The van der Waals surface area contributed by atoms with Crippen molar-refractivity contribution in [2.24, 2.45) is 0 Å². The lowest BCUT2D eigenvalue weighted by Crippen LogP contribution is -2.32. The number of hydrogen-bond donors (Lipinski definition) is 0. The van der Waals surface area contributed by atoms with Crippen molar-refractivity contribution in [3.05, 3.63) is 40.5 Å². The van der Waals surface area contributed by atoms with Crippen molar-refractivity contribution in [3.63, 3.8) is 0 Å². The summed E-state index contributed by atoms with van der Waals surface area (Å²) in [6.07, 6.45) is 0. The van der Waals surface area contributed by atoms with Crippen molar-refractivity contribution in [3.8, 4) is 0 Å². The minimum Gasteiger partial charge on any atom is -0.295 e. The molecule has 0 aromatic heterocycles. The van der Waals surface area contributed by atoms with Crippen LogP contribution in [0.4, 0.5) is 5.69 Å². The third kappa shape index (κ3) is 3.23. The van der Waals surface area contributed by atoms with E-state index in [0.717, 1.165) is 10.4 Å². The summed E-state index contributed by atoms with van der Waals surface area (Å²) >= 11 is 0. The lowest BCUT2D eigenvalue weighted by Gasteiger charge is -2.20. The average molecular weight is 326 g/mol. The van der Waals surface area contributed by atoms with E-state index in [9.17, 15) is 23.3 Å². The van der Waals surface area contributed by atoms with Gasteiger partial charge < -0.3 is 0 Å². The smallest absolute Gasteiger partial charge is 0.290 e. The maximum Gasteiger partial charge on any atom is 0.290 e. The van der Waals surface area contributed by atoms with Gasteiger partial charge in [-0.2, -0.15) is 4.31 Å². The highest BCUT2D eigenvalue weighted by Crippen LogP contribution is 2.33. The second-order valence-electron chi connectivity index (χ2n) is 4.54. The molecule has 7 nitrogen and oxygen atoms in total. The molecule has 0 unspecified atom stereocenters. The van der Waals surface area contributed by atoms with Gasteiger partial charge in [0.1, 0.15) is 0 Å². The normalized spacial score (nSPS) is 11.5. The van der Waals surface area contributed by atoms with Gasteiger partial charge in [0, 0.05) is 30.3 Å². The fourth-order valence-electron chi connectivity index (χ4n) is 2.06. The Morgan fingerprint density at radius 2 is 1.86 bits per heavy atom. The van der Waals surface area contributed by atoms with Crippen LogP contribution in [0, 0.1) is 10.1 Å². The summed E-state index contributed by atoms with van der Waals surface area (Å²) in [5.74, 6) is -0.448. The van der Waals surface area contributed by atoms with Gasteiger partial charge in [0.05, 0.1) is 4.92 Å². The highest BCUT2D eigenvalue weighted by molar-refractivity contribution is 7.89. The highest BCUT2D eigenvalue weighted by Gasteiger charge is 2.34. The third-order valence-corrected chi connectivity index (χ3v) is 5.39. The molecule has 0 aliphatic rings. The summed E-state index contributed by atoms with van der Waals surface area (Å²) < 4.78 is 26.6. The zero-order valence-electron chi connectivity index (χ0n) is 12.7. The van der Waals surface area contributed by atoms with Crippen LogP contribution in [0.5, 0.6) is 0 Å². The number of sulfonamides is 1. The number of rotatable bonds is 7. The predicted octanol–water partition coefficient (Wildman–Crippen LogP) is 2.23. The van der Waals surface area contributed by atoms with E-state index in [4.69, 9.17) is 0 Å². The summed E-state index contributed by atoms with van der Waals surface area (Å²) in [4.78, 5) is 21.5. The molecule has 0 saturated heterocycles. The number of hydrogen-bond acceptors (Lipinski definition) is 5. The number of nitrogens with zero attached hydrogens (tertiary/aromatic N) is 2. The van der Waals surface area contributed by atoms with Crippen LogP contribution in [0.3, 0.4) is 0 Å². The van der Waals surface area contributed by atoms with Crippen LogP contribution in [0.15, 0.2) is 29.7 Å². The Bertz CT molecular complexity index is 721. The van der Waals surface area contributed by atoms with E-state index in [1.165, 1.54) is 19.1 Å². The number of allylic oxidation sites excluding steroid dienone is 1. The molecule has 0 N–H and O–H groups in total. The Labute approximate surface area is 129 Å². The Morgan fingerprint density at radius 1 is 1.32 bits per heavy atom. The number of benzene rings is 1. The molecule has 0 radical (unpaired) electrons. The van der Waals surface area contributed by atoms with E-state index in [-0.39, 0.29) is 24.2 Å². The van der Waals surface area contributed by atoms with Crippen LogP contribution in [-0.4, -0.2) is 36.5 Å². The lowest BCUT2D eigenvalue weighted by molar-refractivity contribution is -0.387. The summed E-state index contributed by atoms with van der Waals surface area (Å²) in [6, 6.07) is 3.79. The molecule has 0 fully saturated rings. The van der Waals surface area contributed by atoms with E-state index in [0.29, 0.717) is 0 Å². The summed E-state index contributed by atoms with van der Waals surface area (Å²) in [5, 5.41) is 11.2. The topological polar surface area (TPSA) is 97.6 Å². The van der Waals surface area contributed by atoms with E-state index in [1.54, 1.807) is 13.8 Å². The molecule has 120 valence electrons. The van der Waals surface area contributed by atoms with Crippen molar-refractivity contribution in [1.29, 1.82) is 0 Å². The van der Waals surface area contributed by atoms with E-state index in [2.05, 4.69) is 6.58 Å². The number of ketones is 1. The Morgan fingerprint density at radius 3 is 2.27 bits per heavy atom. The monoisotopic (exact) mass is 326 g/mol. The first kappa shape index (κ1) is 18.0. The predicted molar refractivity (Wildman–Crippen MR) is 82.9 cm³/mol. The van der Waals surface area contributed by atoms with Gasteiger partial charge in [-0.15, -0.1) is 0 Å². The van der Waals surface area contributed by atoms with Crippen LogP contribution >= 0.6 is 0 Å². The first-order valence-electron chi connectivity index (χ1n) is 6.66. The maximum absolute atomic E-state index is 12.7. The molecule has 0 saturated carbocycles. The van der Waals surface area contributed by atoms with Crippen molar-refractivity contribution < 1.29 is 18.1 Å². The molecule has 1 aromatic rings. The van der Waals surface area contributed by atoms with Crippen LogP contribution in [0.25, 0.3) is 5.57 Å². The Hall–Kier alpha value is -2.06. The van der Waals surface area contributed by atoms with E-state index >= 15 is 0 Å². The average Bonchev–Trinajstić information content (AvgIpc) is 2.46. The number of nitro benzene ring substituents is 1. The SMILES string of the molecule is C=C(C(C)=O)c1cccc([N+](=O)[O-])c1S(=O)(=O)N(CC)CC. The van der Waals surface area contributed by atoms with Gasteiger partial charge in [-0.1, -0.05) is 32.6 Å². The molecule has 1 rings (SSSR count). The highest BCUT2D eigenvalue weighted by atomic mass is 32.2. The largest absolute Gasteiger partial charge is 0.295 e. The van der Waals surface area contributed by atoms with Gasteiger partial charge in [0.15, 0.2) is 10.7 Å². The van der Waals surface area contributed by atoms with Crippen molar-refractivity contribution in [1.82, 2.24) is 4.31 Å². The van der Waals surface area contributed by atoms with Gasteiger partial charge in [-0.05, 0) is 6.92 Å². The van der Waals surface area contributed by atoms with Gasteiger partial charge >= 0.3 is 0 Å². The van der Waals surface area contributed by atoms with Crippen LogP contribution in [0.1, 0.15) is 26.3 Å². The summed E-state index contributed by atoms with van der Waals surface area (Å²) in [6.45, 7) is 8.38. The molecule has 0 aliphatic carbocycles. The number of Topliss-reactive ketones (excluding diaryl/α,β-unsaturated/α-hetero) is 1. The molecule has 0 aliphatic heterocycles. The molecule has 0 amide bonds. The van der Waals surface area contributed by atoms with E-state index in [1.807, 2.05) is 0 Å². The van der Waals surface area contributed by atoms with Gasteiger partial charge in [-0.25, -0.2) is 8.42 Å². The Balaban J connectivity index is 3.79. The molecule has 22 heavy (non-hydrogen) atoms. The van der Waals surface area contributed by atoms with Crippen LogP contribution < -0.4 is 0 Å². The van der Waals surface area contributed by atoms with Crippen molar-refractivity contribution >= 4 is 27.1 Å². The zero-order chi connectivity index (χ0) is 17.1. The summed E-state index contributed by atoms with van der Waals surface area (Å²) in [5.41, 5.74) is -0.671. The fourth-order valence-corrected chi connectivity index (χ4v) is 3.87. The van der Waals surface area contributed by atoms with Gasteiger partial charge in [-0.3, -0.25) is 14.9 Å². The number of carbonyl (C=O) groups excluding carboxylic acids is 1. The first-order chi connectivity index (χ1) is 10.2. The molecule has 1 aromatic carbocycles. The minimum atomic E-state index is -4.11. The first-order valence-corrected chi connectivity index (χ1v) is 8.10. The van der Waals surface area contributed by atoms with Crippen LogP contribution in [0.2, 0.25) is 0 Å².